The molecule has 1 aromatic carbocycles. The number of hydrogen-bond donors (Lipinski definition) is 0. The van der Waals surface area contributed by atoms with Crippen molar-refractivity contribution in [1.29, 1.82) is 0 Å². The molecule has 0 aliphatic carbocycles. The fourth-order valence-corrected chi connectivity index (χ4v) is 3.39. The van der Waals surface area contributed by atoms with Crippen molar-refractivity contribution in [3.05, 3.63) is 35.9 Å². The van der Waals surface area contributed by atoms with Gasteiger partial charge in [-0.25, -0.2) is 0 Å². The van der Waals surface area contributed by atoms with Gasteiger partial charge in [0.05, 0.1) is 0 Å². The largest absolute Gasteiger partial charge is 0.381 e. The third kappa shape index (κ3) is 4.08. The first-order chi connectivity index (χ1) is 10.8. The Bertz CT molecular complexity index is 471. The third-order valence-electron chi connectivity index (χ3n) is 4.72. The van der Waals surface area contributed by atoms with Gasteiger partial charge in [0.15, 0.2) is 0 Å². The van der Waals surface area contributed by atoms with Crippen LogP contribution in [0.4, 0.5) is 0 Å². The number of rotatable bonds is 3. The molecule has 0 N–H and O–H groups in total. The summed E-state index contributed by atoms with van der Waals surface area (Å²) < 4.78 is 5.37. The zero-order valence-electron chi connectivity index (χ0n) is 13.2. The van der Waals surface area contributed by atoms with E-state index in [1.165, 1.54) is 5.56 Å². The average Bonchev–Trinajstić information content (AvgIpc) is 2.82. The molecule has 4 nitrogen and oxygen atoms in total. The van der Waals surface area contributed by atoms with Crippen molar-refractivity contribution < 1.29 is 9.53 Å². The van der Waals surface area contributed by atoms with E-state index in [0.29, 0.717) is 5.91 Å². The minimum Gasteiger partial charge on any atom is -0.381 e. The van der Waals surface area contributed by atoms with Gasteiger partial charge in [-0.2, -0.15) is 0 Å². The summed E-state index contributed by atoms with van der Waals surface area (Å²) in [7, 11) is 0. The topological polar surface area (TPSA) is 32.8 Å². The summed E-state index contributed by atoms with van der Waals surface area (Å²) in [6.45, 7) is 6.29. The van der Waals surface area contributed by atoms with Crippen LogP contribution in [0.1, 0.15) is 24.8 Å². The van der Waals surface area contributed by atoms with E-state index in [9.17, 15) is 4.79 Å². The molecule has 4 heteroatoms. The first-order valence-corrected chi connectivity index (χ1v) is 8.46. The van der Waals surface area contributed by atoms with Crippen molar-refractivity contribution >= 4 is 5.91 Å². The zero-order valence-corrected chi connectivity index (χ0v) is 13.2. The van der Waals surface area contributed by atoms with Gasteiger partial charge in [0, 0.05) is 51.9 Å². The molecule has 1 aromatic rings. The predicted molar refractivity (Wildman–Crippen MR) is 86.5 cm³/mol. The Hall–Kier alpha value is -1.39. The fraction of sp³-hybridized carbons (Fsp3) is 0.611. The van der Waals surface area contributed by atoms with Crippen molar-refractivity contribution in [2.24, 2.45) is 5.92 Å². The number of carbonyl (C=O) groups is 1. The Morgan fingerprint density at radius 1 is 1.05 bits per heavy atom. The molecule has 2 heterocycles. The van der Waals surface area contributed by atoms with E-state index in [2.05, 4.69) is 40.1 Å². The van der Waals surface area contributed by atoms with Crippen molar-refractivity contribution in [3.8, 4) is 0 Å². The number of benzene rings is 1. The van der Waals surface area contributed by atoms with E-state index < -0.39 is 0 Å². The van der Waals surface area contributed by atoms with Crippen molar-refractivity contribution in [3.63, 3.8) is 0 Å². The number of hydrogen-bond acceptors (Lipinski definition) is 3. The van der Waals surface area contributed by atoms with Crippen molar-refractivity contribution in [2.75, 3.05) is 39.4 Å². The summed E-state index contributed by atoms with van der Waals surface area (Å²) >= 11 is 0. The van der Waals surface area contributed by atoms with E-state index in [0.717, 1.165) is 65.2 Å². The van der Waals surface area contributed by atoms with Gasteiger partial charge in [0.25, 0.3) is 0 Å². The maximum atomic E-state index is 12.6. The number of nitrogens with zero attached hydrogens (tertiary/aromatic N) is 2. The summed E-state index contributed by atoms with van der Waals surface area (Å²) in [5.41, 5.74) is 1.35. The highest BCUT2D eigenvalue weighted by molar-refractivity contribution is 5.79. The van der Waals surface area contributed by atoms with Gasteiger partial charge in [0.1, 0.15) is 0 Å². The Balaban J connectivity index is 1.52. The van der Waals surface area contributed by atoms with Crippen LogP contribution in [0.2, 0.25) is 0 Å². The Kier molecular flexibility index (Phi) is 5.46. The fourth-order valence-electron chi connectivity index (χ4n) is 3.39. The summed E-state index contributed by atoms with van der Waals surface area (Å²) in [5, 5.41) is 0. The van der Waals surface area contributed by atoms with Gasteiger partial charge >= 0.3 is 0 Å². The van der Waals surface area contributed by atoms with Crippen LogP contribution in [-0.4, -0.2) is 55.1 Å². The van der Waals surface area contributed by atoms with Crippen molar-refractivity contribution in [2.45, 2.75) is 25.8 Å². The van der Waals surface area contributed by atoms with E-state index in [1.807, 2.05) is 0 Å². The van der Waals surface area contributed by atoms with Crippen LogP contribution in [0.15, 0.2) is 30.3 Å². The molecular weight excluding hydrogens is 276 g/mol. The molecule has 0 saturated carbocycles. The van der Waals surface area contributed by atoms with E-state index in [-0.39, 0.29) is 5.92 Å². The molecule has 1 amide bonds. The smallest absolute Gasteiger partial charge is 0.225 e. The summed E-state index contributed by atoms with van der Waals surface area (Å²) in [5.74, 6) is 0.541. The second-order valence-electron chi connectivity index (χ2n) is 6.33. The third-order valence-corrected chi connectivity index (χ3v) is 4.72. The van der Waals surface area contributed by atoms with E-state index >= 15 is 0 Å². The number of amides is 1. The molecule has 0 atom stereocenters. The highest BCUT2D eigenvalue weighted by Gasteiger charge is 2.27. The number of ether oxygens (including phenoxy) is 1. The molecule has 0 spiro atoms. The second-order valence-corrected chi connectivity index (χ2v) is 6.33. The van der Waals surface area contributed by atoms with Gasteiger partial charge in [-0.3, -0.25) is 9.69 Å². The molecule has 2 aliphatic heterocycles. The monoisotopic (exact) mass is 302 g/mol. The highest BCUT2D eigenvalue weighted by Crippen LogP contribution is 2.19. The van der Waals surface area contributed by atoms with Gasteiger partial charge in [-0.15, -0.1) is 0 Å². The lowest BCUT2D eigenvalue weighted by molar-refractivity contribution is -0.138. The highest BCUT2D eigenvalue weighted by atomic mass is 16.5. The lowest BCUT2D eigenvalue weighted by atomic mass is 9.98. The lowest BCUT2D eigenvalue weighted by Gasteiger charge is -2.28. The average molecular weight is 302 g/mol. The zero-order chi connectivity index (χ0) is 15.2. The Labute approximate surface area is 133 Å². The van der Waals surface area contributed by atoms with Crippen LogP contribution in [0.25, 0.3) is 0 Å². The molecule has 0 bridgehead atoms. The molecule has 120 valence electrons. The quantitative estimate of drug-likeness (QED) is 0.857. The van der Waals surface area contributed by atoms with Crippen LogP contribution in [0.3, 0.4) is 0 Å². The van der Waals surface area contributed by atoms with Gasteiger partial charge in [-0.1, -0.05) is 30.3 Å². The van der Waals surface area contributed by atoms with Crippen molar-refractivity contribution in [1.82, 2.24) is 9.80 Å². The SMILES string of the molecule is O=C(C1CCOCC1)N1CCCN(Cc2ccccc2)CC1. The minimum atomic E-state index is 0.189. The van der Waals surface area contributed by atoms with Gasteiger partial charge in [0.2, 0.25) is 5.91 Å². The maximum absolute atomic E-state index is 12.6. The number of carbonyl (C=O) groups excluding carboxylic acids is 1. The van der Waals surface area contributed by atoms with Crippen LogP contribution in [0.5, 0.6) is 0 Å². The molecule has 0 radical (unpaired) electrons. The van der Waals surface area contributed by atoms with Gasteiger partial charge < -0.3 is 9.64 Å². The van der Waals surface area contributed by atoms with Crippen LogP contribution in [-0.2, 0) is 16.1 Å². The minimum absolute atomic E-state index is 0.189. The molecular formula is C18H26N2O2. The Morgan fingerprint density at radius 3 is 2.59 bits per heavy atom. The van der Waals surface area contributed by atoms with Crippen LogP contribution >= 0.6 is 0 Å². The Morgan fingerprint density at radius 2 is 1.82 bits per heavy atom. The van der Waals surface area contributed by atoms with E-state index in [4.69, 9.17) is 4.74 Å². The lowest BCUT2D eigenvalue weighted by Crippen LogP contribution is -2.40. The van der Waals surface area contributed by atoms with Crippen LogP contribution < -0.4 is 0 Å². The second kappa shape index (κ2) is 7.75. The molecule has 0 unspecified atom stereocenters. The predicted octanol–water partition coefficient (Wildman–Crippen LogP) is 2.15. The summed E-state index contributed by atoms with van der Waals surface area (Å²) in [4.78, 5) is 17.2. The molecule has 3 rings (SSSR count). The molecule has 2 fully saturated rings. The summed E-state index contributed by atoms with van der Waals surface area (Å²) in [6.07, 6.45) is 2.86. The first-order valence-electron chi connectivity index (χ1n) is 8.46. The first kappa shape index (κ1) is 15.5. The standard InChI is InChI=1S/C18H26N2O2/c21-18(17-7-13-22-14-8-17)20-10-4-9-19(11-12-20)15-16-5-2-1-3-6-16/h1-3,5-6,17H,4,7-15H2. The van der Waals surface area contributed by atoms with E-state index in [1.54, 1.807) is 0 Å². The molecule has 22 heavy (non-hydrogen) atoms. The molecule has 2 saturated heterocycles. The van der Waals surface area contributed by atoms with Gasteiger partial charge in [-0.05, 0) is 24.8 Å². The molecule has 0 aromatic heterocycles. The summed E-state index contributed by atoms with van der Waals surface area (Å²) in [6, 6.07) is 10.6. The normalized spacial score (nSPS) is 21.5. The van der Waals surface area contributed by atoms with Crippen LogP contribution in [0, 0.1) is 5.92 Å². The maximum Gasteiger partial charge on any atom is 0.225 e. The molecule has 2 aliphatic rings.